The summed E-state index contributed by atoms with van der Waals surface area (Å²) in [6, 6.07) is 0.374. The van der Waals surface area contributed by atoms with Gasteiger partial charge in [0.2, 0.25) is 0 Å². The molecule has 0 radical (unpaired) electrons. The summed E-state index contributed by atoms with van der Waals surface area (Å²) in [6.07, 6.45) is 3.09. The van der Waals surface area contributed by atoms with Crippen molar-refractivity contribution in [1.29, 1.82) is 0 Å². The summed E-state index contributed by atoms with van der Waals surface area (Å²) in [4.78, 5) is 19.4. The molecule has 1 saturated heterocycles. The molecule has 0 aliphatic carbocycles. The second kappa shape index (κ2) is 14.3. The molecule has 0 saturated carbocycles. The van der Waals surface area contributed by atoms with Crippen LogP contribution in [0, 0.1) is 5.92 Å². The van der Waals surface area contributed by atoms with Gasteiger partial charge < -0.3 is 25.6 Å². The maximum Gasteiger partial charge on any atom is 0.407 e. The first-order valence-electron chi connectivity index (χ1n) is 10.9. The Morgan fingerprint density at radius 1 is 1.21 bits per heavy atom. The van der Waals surface area contributed by atoms with Crippen LogP contribution in [0.3, 0.4) is 0 Å². The number of carbonyl (C=O) groups is 1. The smallest absolute Gasteiger partial charge is 0.407 e. The van der Waals surface area contributed by atoms with Crippen molar-refractivity contribution in [2.75, 3.05) is 32.7 Å². The molecule has 1 aliphatic rings. The van der Waals surface area contributed by atoms with Crippen molar-refractivity contribution in [3.63, 3.8) is 0 Å². The highest BCUT2D eigenvalue weighted by atomic mass is 127. The summed E-state index contributed by atoms with van der Waals surface area (Å²) in [5.41, 5.74) is -0.502. The molecule has 0 aromatic heterocycles. The van der Waals surface area contributed by atoms with Crippen LogP contribution in [-0.4, -0.2) is 67.4 Å². The third-order valence-corrected chi connectivity index (χ3v) is 4.77. The first kappa shape index (κ1) is 28.2. The average Bonchev–Trinajstić information content (AvgIpc) is 2.58. The standard InChI is InChI=1S/C21H43N5O2.HI/c1-8-12-26-13-10-17(11-14-26)24-19(22-9-2)23-15-18(16(3)4)25-20(27)28-21(5,6)7;/h16-18H,8-15H2,1-7H3,(H,25,27)(H2,22,23,24);1H. The fraction of sp³-hybridized carbons (Fsp3) is 0.905. The Labute approximate surface area is 195 Å². The van der Waals surface area contributed by atoms with Gasteiger partial charge in [0.05, 0.1) is 12.6 Å². The van der Waals surface area contributed by atoms with Gasteiger partial charge in [-0.2, -0.15) is 0 Å². The third kappa shape index (κ3) is 12.5. The second-order valence-electron chi connectivity index (χ2n) is 8.98. The summed E-state index contributed by atoms with van der Waals surface area (Å²) in [7, 11) is 0. The zero-order chi connectivity index (χ0) is 21.2. The van der Waals surface area contributed by atoms with Gasteiger partial charge in [-0.1, -0.05) is 20.8 Å². The Bertz CT molecular complexity index is 486. The number of guanidine groups is 1. The van der Waals surface area contributed by atoms with E-state index >= 15 is 0 Å². The van der Waals surface area contributed by atoms with E-state index in [1.807, 2.05) is 20.8 Å². The van der Waals surface area contributed by atoms with Crippen LogP contribution in [0.4, 0.5) is 4.79 Å². The van der Waals surface area contributed by atoms with Crippen LogP contribution in [0.1, 0.15) is 67.7 Å². The fourth-order valence-electron chi connectivity index (χ4n) is 3.20. The lowest BCUT2D eigenvalue weighted by Crippen LogP contribution is -2.49. The molecule has 1 fully saturated rings. The number of rotatable bonds is 8. The van der Waals surface area contributed by atoms with E-state index < -0.39 is 5.60 Å². The maximum absolute atomic E-state index is 12.1. The van der Waals surface area contributed by atoms with Crippen molar-refractivity contribution in [3.05, 3.63) is 0 Å². The number of carbonyl (C=O) groups excluding carboxylic acids is 1. The third-order valence-electron chi connectivity index (χ3n) is 4.77. The largest absolute Gasteiger partial charge is 0.444 e. The molecule has 7 nitrogen and oxygen atoms in total. The van der Waals surface area contributed by atoms with Gasteiger partial charge in [-0.3, -0.25) is 4.99 Å². The molecule has 1 heterocycles. The SMILES string of the molecule is CCCN1CCC(NC(=NCC(NC(=O)OC(C)(C)C)C(C)C)NCC)CC1.I. The van der Waals surface area contributed by atoms with Crippen molar-refractivity contribution in [2.45, 2.75) is 85.4 Å². The Balaban J connectivity index is 0.00000784. The predicted octanol–water partition coefficient (Wildman–Crippen LogP) is 3.58. The molecule has 1 unspecified atom stereocenters. The second-order valence-corrected chi connectivity index (χ2v) is 8.98. The average molecular weight is 526 g/mol. The number of amides is 1. The molecule has 1 amide bonds. The Hall–Kier alpha value is -0.770. The molecule has 0 aromatic rings. The zero-order valence-electron chi connectivity index (χ0n) is 19.5. The highest BCUT2D eigenvalue weighted by molar-refractivity contribution is 14.0. The fourth-order valence-corrected chi connectivity index (χ4v) is 3.20. The van der Waals surface area contributed by atoms with E-state index in [0.29, 0.717) is 12.6 Å². The summed E-state index contributed by atoms with van der Waals surface area (Å²) >= 11 is 0. The summed E-state index contributed by atoms with van der Waals surface area (Å²) in [5.74, 6) is 1.09. The molecule has 1 atom stereocenters. The van der Waals surface area contributed by atoms with Gasteiger partial charge in [0.1, 0.15) is 5.60 Å². The molecular formula is C21H44IN5O2. The first-order valence-corrected chi connectivity index (χ1v) is 10.9. The van der Waals surface area contributed by atoms with Gasteiger partial charge in [-0.25, -0.2) is 4.79 Å². The summed E-state index contributed by atoms with van der Waals surface area (Å²) < 4.78 is 5.39. The number of likely N-dealkylation sites (tertiary alicyclic amines) is 1. The van der Waals surface area contributed by atoms with Crippen molar-refractivity contribution >= 4 is 36.0 Å². The number of nitrogens with zero attached hydrogens (tertiary/aromatic N) is 2. The lowest BCUT2D eigenvalue weighted by Gasteiger charge is -2.33. The number of aliphatic imine (C=N–C) groups is 1. The molecule has 0 aromatic carbocycles. The first-order chi connectivity index (χ1) is 13.1. The van der Waals surface area contributed by atoms with Gasteiger partial charge in [0.25, 0.3) is 0 Å². The molecular weight excluding hydrogens is 481 g/mol. The van der Waals surface area contributed by atoms with Crippen LogP contribution < -0.4 is 16.0 Å². The molecule has 172 valence electrons. The lowest BCUT2D eigenvalue weighted by atomic mass is 10.0. The minimum Gasteiger partial charge on any atom is -0.444 e. The maximum atomic E-state index is 12.1. The summed E-state index contributed by atoms with van der Waals surface area (Å²) in [6.45, 7) is 18.9. The van der Waals surface area contributed by atoms with E-state index in [0.717, 1.165) is 38.4 Å². The minimum atomic E-state index is -0.502. The number of nitrogens with one attached hydrogen (secondary N) is 3. The highest BCUT2D eigenvalue weighted by Gasteiger charge is 2.22. The number of hydrogen-bond acceptors (Lipinski definition) is 4. The van der Waals surface area contributed by atoms with Crippen LogP contribution in [0.5, 0.6) is 0 Å². The lowest BCUT2D eigenvalue weighted by molar-refractivity contribution is 0.0493. The molecule has 0 spiro atoms. The van der Waals surface area contributed by atoms with Crippen LogP contribution in [0.2, 0.25) is 0 Å². The minimum absolute atomic E-state index is 0. The molecule has 3 N–H and O–H groups in total. The topological polar surface area (TPSA) is 78.0 Å². The monoisotopic (exact) mass is 525 g/mol. The molecule has 29 heavy (non-hydrogen) atoms. The molecule has 8 heteroatoms. The van der Waals surface area contributed by atoms with E-state index in [2.05, 4.69) is 48.5 Å². The molecule has 0 bridgehead atoms. The number of alkyl carbamates (subject to hydrolysis) is 1. The predicted molar refractivity (Wildman–Crippen MR) is 132 cm³/mol. The van der Waals surface area contributed by atoms with Crippen molar-refractivity contribution in [3.8, 4) is 0 Å². The van der Waals surface area contributed by atoms with Crippen LogP contribution in [0.15, 0.2) is 4.99 Å². The Morgan fingerprint density at radius 3 is 2.31 bits per heavy atom. The van der Waals surface area contributed by atoms with E-state index in [4.69, 9.17) is 9.73 Å². The van der Waals surface area contributed by atoms with Gasteiger partial charge >= 0.3 is 6.09 Å². The highest BCUT2D eigenvalue weighted by Crippen LogP contribution is 2.11. The van der Waals surface area contributed by atoms with E-state index in [-0.39, 0.29) is 42.0 Å². The van der Waals surface area contributed by atoms with Crippen LogP contribution in [0.25, 0.3) is 0 Å². The zero-order valence-corrected chi connectivity index (χ0v) is 21.8. The quantitative estimate of drug-likeness (QED) is 0.257. The normalized spacial score (nSPS) is 17.4. The van der Waals surface area contributed by atoms with Gasteiger partial charge in [-0.05, 0) is 59.4 Å². The summed E-state index contributed by atoms with van der Waals surface area (Å²) in [5, 5.41) is 9.87. The number of hydrogen-bond donors (Lipinski definition) is 3. The van der Waals surface area contributed by atoms with Gasteiger partial charge in [0.15, 0.2) is 5.96 Å². The van der Waals surface area contributed by atoms with E-state index in [1.54, 1.807) is 0 Å². The van der Waals surface area contributed by atoms with Crippen molar-refractivity contribution < 1.29 is 9.53 Å². The molecule has 1 aliphatic heterocycles. The van der Waals surface area contributed by atoms with Crippen molar-refractivity contribution in [2.24, 2.45) is 10.9 Å². The number of ether oxygens (including phenoxy) is 1. The van der Waals surface area contributed by atoms with Crippen molar-refractivity contribution in [1.82, 2.24) is 20.9 Å². The Morgan fingerprint density at radius 2 is 1.83 bits per heavy atom. The van der Waals surface area contributed by atoms with Gasteiger partial charge in [0, 0.05) is 25.7 Å². The number of halogens is 1. The molecule has 1 rings (SSSR count). The van der Waals surface area contributed by atoms with Gasteiger partial charge in [-0.15, -0.1) is 24.0 Å². The number of piperidine rings is 1. The Kier molecular flexibility index (Phi) is 13.9. The van der Waals surface area contributed by atoms with Crippen LogP contribution >= 0.6 is 24.0 Å². The van der Waals surface area contributed by atoms with Crippen LogP contribution in [-0.2, 0) is 4.74 Å². The van der Waals surface area contributed by atoms with E-state index in [9.17, 15) is 4.79 Å². The van der Waals surface area contributed by atoms with E-state index in [1.165, 1.54) is 13.0 Å².